The van der Waals surface area contributed by atoms with Crippen molar-refractivity contribution in [2.45, 2.75) is 6.92 Å². The summed E-state index contributed by atoms with van der Waals surface area (Å²) in [6.45, 7) is 2.45. The van der Waals surface area contributed by atoms with Crippen LogP contribution in [-0.4, -0.2) is 30.5 Å². The van der Waals surface area contributed by atoms with Crippen LogP contribution >= 0.6 is 11.3 Å². The van der Waals surface area contributed by atoms with E-state index in [4.69, 9.17) is 15.2 Å². The number of nitrogens with zero attached hydrogens (tertiary/aromatic N) is 1. The van der Waals surface area contributed by atoms with Crippen molar-refractivity contribution < 1.29 is 19.1 Å². The van der Waals surface area contributed by atoms with Crippen molar-refractivity contribution in [3.05, 3.63) is 64.5 Å². The maximum absolute atomic E-state index is 12.7. The van der Waals surface area contributed by atoms with Gasteiger partial charge in [-0.3, -0.25) is 4.79 Å². The molecule has 7 nitrogen and oxygen atoms in total. The Hall–Kier alpha value is -3.39. The van der Waals surface area contributed by atoms with E-state index >= 15 is 0 Å². The van der Waals surface area contributed by atoms with Gasteiger partial charge in [-0.25, -0.2) is 9.78 Å². The summed E-state index contributed by atoms with van der Waals surface area (Å²) in [6.07, 6.45) is 0. The number of rotatable bonds is 7. The maximum atomic E-state index is 12.7. The lowest BCUT2D eigenvalue weighted by molar-refractivity contribution is 0.0600. The summed E-state index contributed by atoms with van der Waals surface area (Å²) in [4.78, 5) is 29.0. The van der Waals surface area contributed by atoms with Crippen LogP contribution in [0.2, 0.25) is 0 Å². The van der Waals surface area contributed by atoms with E-state index in [1.165, 1.54) is 7.11 Å². The standard InChI is InChI=1S/C20H19N3O4S/c1-3-27-15-9-7-12(8-10-15)16(24)17-18(21)23-20(28-17)22-14-6-4-5-13(11-14)19(25)26-2/h4-11H,3,21H2,1-2H3,(H,22,23). The van der Waals surface area contributed by atoms with E-state index in [-0.39, 0.29) is 11.6 Å². The van der Waals surface area contributed by atoms with E-state index in [1.807, 2.05) is 6.92 Å². The highest BCUT2D eigenvalue weighted by atomic mass is 32.1. The first-order chi connectivity index (χ1) is 13.5. The second-order valence-electron chi connectivity index (χ2n) is 5.72. The number of carbonyl (C=O) groups is 2. The number of anilines is 3. The molecule has 8 heteroatoms. The van der Waals surface area contributed by atoms with Crippen LogP contribution in [0.1, 0.15) is 32.5 Å². The molecule has 144 valence electrons. The van der Waals surface area contributed by atoms with Crippen molar-refractivity contribution in [2.24, 2.45) is 0 Å². The van der Waals surface area contributed by atoms with Crippen LogP contribution in [0.4, 0.5) is 16.6 Å². The third-order valence-electron chi connectivity index (χ3n) is 3.82. The summed E-state index contributed by atoms with van der Waals surface area (Å²) in [5.74, 6) is 0.197. The molecule has 1 heterocycles. The van der Waals surface area contributed by atoms with Gasteiger partial charge in [0.25, 0.3) is 0 Å². The minimum atomic E-state index is -0.436. The third-order valence-corrected chi connectivity index (χ3v) is 4.81. The number of nitrogens with two attached hydrogens (primary N) is 1. The van der Waals surface area contributed by atoms with E-state index in [0.29, 0.717) is 39.2 Å². The molecule has 0 radical (unpaired) electrons. The minimum Gasteiger partial charge on any atom is -0.494 e. The fraction of sp³-hybridized carbons (Fsp3) is 0.150. The summed E-state index contributed by atoms with van der Waals surface area (Å²) in [6, 6.07) is 13.6. The van der Waals surface area contributed by atoms with Crippen LogP contribution in [0.15, 0.2) is 48.5 Å². The second-order valence-corrected chi connectivity index (χ2v) is 6.72. The summed E-state index contributed by atoms with van der Waals surface area (Å²) < 4.78 is 10.1. The first-order valence-electron chi connectivity index (χ1n) is 8.51. The lowest BCUT2D eigenvalue weighted by atomic mass is 10.1. The van der Waals surface area contributed by atoms with E-state index in [2.05, 4.69) is 10.3 Å². The minimum absolute atomic E-state index is 0.149. The second kappa shape index (κ2) is 8.53. The summed E-state index contributed by atoms with van der Waals surface area (Å²) in [5, 5.41) is 3.52. The van der Waals surface area contributed by atoms with Crippen molar-refractivity contribution in [1.82, 2.24) is 4.98 Å². The van der Waals surface area contributed by atoms with Crippen LogP contribution in [0.3, 0.4) is 0 Å². The zero-order valence-electron chi connectivity index (χ0n) is 15.4. The number of hydrogen-bond acceptors (Lipinski definition) is 8. The smallest absolute Gasteiger partial charge is 0.337 e. The Morgan fingerprint density at radius 1 is 1.14 bits per heavy atom. The zero-order chi connectivity index (χ0) is 20.1. The quantitative estimate of drug-likeness (QED) is 0.460. The highest BCUT2D eigenvalue weighted by Crippen LogP contribution is 2.30. The molecule has 28 heavy (non-hydrogen) atoms. The summed E-state index contributed by atoms with van der Waals surface area (Å²) >= 11 is 1.15. The SMILES string of the molecule is CCOc1ccc(C(=O)c2sc(Nc3cccc(C(=O)OC)c3)nc2N)cc1. The molecule has 0 amide bonds. The van der Waals surface area contributed by atoms with Crippen LogP contribution in [0.5, 0.6) is 5.75 Å². The van der Waals surface area contributed by atoms with E-state index in [9.17, 15) is 9.59 Å². The van der Waals surface area contributed by atoms with E-state index in [1.54, 1.807) is 48.5 Å². The molecule has 3 rings (SSSR count). The average Bonchev–Trinajstić information content (AvgIpc) is 3.07. The Kier molecular flexibility index (Phi) is 5.90. The molecule has 2 aromatic carbocycles. The van der Waals surface area contributed by atoms with Gasteiger partial charge >= 0.3 is 5.97 Å². The summed E-state index contributed by atoms with van der Waals surface area (Å²) in [7, 11) is 1.32. The number of thiazole rings is 1. The maximum Gasteiger partial charge on any atom is 0.337 e. The first-order valence-corrected chi connectivity index (χ1v) is 9.32. The fourth-order valence-electron chi connectivity index (χ4n) is 2.51. The Balaban J connectivity index is 1.79. The average molecular weight is 397 g/mol. The number of nitrogens with one attached hydrogen (secondary N) is 1. The molecule has 0 unspecified atom stereocenters. The lowest BCUT2D eigenvalue weighted by Crippen LogP contribution is -2.02. The van der Waals surface area contributed by atoms with Gasteiger partial charge in [0, 0.05) is 11.3 Å². The van der Waals surface area contributed by atoms with Crippen molar-refractivity contribution in [3.63, 3.8) is 0 Å². The highest BCUT2D eigenvalue weighted by molar-refractivity contribution is 7.18. The predicted octanol–water partition coefficient (Wildman–Crippen LogP) is 3.89. The van der Waals surface area contributed by atoms with Crippen LogP contribution < -0.4 is 15.8 Å². The molecule has 0 spiro atoms. The van der Waals surface area contributed by atoms with Gasteiger partial charge in [-0.2, -0.15) is 0 Å². The Morgan fingerprint density at radius 3 is 2.57 bits per heavy atom. The van der Waals surface area contributed by atoms with Crippen LogP contribution in [-0.2, 0) is 4.74 Å². The number of hydrogen-bond donors (Lipinski definition) is 2. The van der Waals surface area contributed by atoms with Crippen molar-refractivity contribution >= 4 is 39.7 Å². The molecule has 0 aliphatic heterocycles. The third kappa shape index (κ3) is 4.29. The Bertz CT molecular complexity index is 999. The normalized spacial score (nSPS) is 10.4. The molecule has 0 saturated carbocycles. The molecule has 3 N–H and O–H groups in total. The molecular formula is C20H19N3O4S. The number of methoxy groups -OCH3 is 1. The number of aromatic nitrogens is 1. The highest BCUT2D eigenvalue weighted by Gasteiger charge is 2.18. The molecule has 0 bridgehead atoms. The number of benzene rings is 2. The largest absolute Gasteiger partial charge is 0.494 e. The predicted molar refractivity (Wildman–Crippen MR) is 109 cm³/mol. The van der Waals surface area contributed by atoms with Gasteiger partial charge in [-0.05, 0) is 49.4 Å². The van der Waals surface area contributed by atoms with Gasteiger partial charge in [-0.1, -0.05) is 17.4 Å². The van der Waals surface area contributed by atoms with Gasteiger partial charge in [0.15, 0.2) is 5.13 Å². The number of ether oxygens (including phenoxy) is 2. The molecule has 0 atom stereocenters. The van der Waals surface area contributed by atoms with Gasteiger partial charge in [0.05, 0.1) is 19.3 Å². The number of ketones is 1. The van der Waals surface area contributed by atoms with Gasteiger partial charge in [0.2, 0.25) is 5.78 Å². The fourth-order valence-corrected chi connectivity index (χ4v) is 3.38. The van der Waals surface area contributed by atoms with Crippen molar-refractivity contribution in [3.8, 4) is 5.75 Å². The molecule has 0 saturated heterocycles. The van der Waals surface area contributed by atoms with Gasteiger partial charge in [-0.15, -0.1) is 0 Å². The summed E-state index contributed by atoms with van der Waals surface area (Å²) in [5.41, 5.74) is 7.49. The zero-order valence-corrected chi connectivity index (χ0v) is 16.2. The molecule has 1 aromatic heterocycles. The molecule has 3 aromatic rings. The first kappa shape index (κ1) is 19.4. The number of carbonyl (C=O) groups excluding carboxylic acids is 2. The number of esters is 1. The molecule has 0 aliphatic rings. The lowest BCUT2D eigenvalue weighted by Gasteiger charge is -2.04. The van der Waals surface area contributed by atoms with Crippen molar-refractivity contribution in [1.29, 1.82) is 0 Å². The topological polar surface area (TPSA) is 104 Å². The molecule has 0 fully saturated rings. The van der Waals surface area contributed by atoms with Gasteiger partial charge in [0.1, 0.15) is 16.4 Å². The Morgan fingerprint density at radius 2 is 1.89 bits per heavy atom. The van der Waals surface area contributed by atoms with Gasteiger partial charge < -0.3 is 20.5 Å². The van der Waals surface area contributed by atoms with Crippen molar-refractivity contribution in [2.75, 3.05) is 24.8 Å². The van der Waals surface area contributed by atoms with E-state index in [0.717, 1.165) is 11.3 Å². The number of nitrogen functional groups attached to an aromatic ring is 1. The van der Waals surface area contributed by atoms with Crippen LogP contribution in [0, 0.1) is 0 Å². The van der Waals surface area contributed by atoms with E-state index < -0.39 is 5.97 Å². The van der Waals surface area contributed by atoms with Crippen LogP contribution in [0.25, 0.3) is 0 Å². The molecule has 0 aliphatic carbocycles. The monoisotopic (exact) mass is 397 g/mol. The Labute approximate surface area is 166 Å². The molecular weight excluding hydrogens is 378 g/mol.